The number of aryl methyl sites for hydroxylation is 2. The van der Waals surface area contributed by atoms with Crippen molar-refractivity contribution in [2.75, 3.05) is 10.8 Å². The number of anilines is 1. The molecule has 7 nitrogen and oxygen atoms in total. The largest absolute Gasteiger partial charge is 0.350 e. The van der Waals surface area contributed by atoms with E-state index in [1.54, 1.807) is 37.3 Å². The molecule has 0 fully saturated rings. The first-order valence-electron chi connectivity index (χ1n) is 13.2. The third-order valence-electron chi connectivity index (χ3n) is 6.35. The third-order valence-corrected chi connectivity index (χ3v) is 8.13. The summed E-state index contributed by atoms with van der Waals surface area (Å²) in [6, 6.07) is 22.2. The summed E-state index contributed by atoms with van der Waals surface area (Å²) in [6.45, 7) is 10.9. The Labute approximate surface area is 232 Å². The highest BCUT2D eigenvalue weighted by Gasteiger charge is 2.34. The van der Waals surface area contributed by atoms with E-state index in [1.165, 1.54) is 21.3 Å². The van der Waals surface area contributed by atoms with E-state index >= 15 is 0 Å². The molecular formula is C31H39N3O4S. The summed E-state index contributed by atoms with van der Waals surface area (Å²) in [5.41, 5.74) is 2.63. The molecule has 0 aliphatic carbocycles. The minimum Gasteiger partial charge on any atom is -0.350 e. The van der Waals surface area contributed by atoms with Gasteiger partial charge in [-0.25, -0.2) is 8.42 Å². The number of carbonyl (C=O) groups is 2. The van der Waals surface area contributed by atoms with E-state index in [0.717, 1.165) is 16.7 Å². The number of hydrogen-bond acceptors (Lipinski definition) is 4. The van der Waals surface area contributed by atoms with Crippen molar-refractivity contribution in [3.05, 3.63) is 95.6 Å². The van der Waals surface area contributed by atoms with Gasteiger partial charge in [0.2, 0.25) is 11.8 Å². The molecule has 1 atom stereocenters. The fourth-order valence-electron chi connectivity index (χ4n) is 4.35. The van der Waals surface area contributed by atoms with Gasteiger partial charge in [0.1, 0.15) is 12.6 Å². The zero-order valence-corrected chi connectivity index (χ0v) is 24.5. The number of hydrogen-bond donors (Lipinski definition) is 1. The van der Waals surface area contributed by atoms with Crippen LogP contribution in [0.5, 0.6) is 0 Å². The van der Waals surface area contributed by atoms with Crippen LogP contribution in [-0.4, -0.2) is 43.3 Å². The number of nitrogens with zero attached hydrogens (tertiary/aromatic N) is 2. The second-order valence-electron chi connectivity index (χ2n) is 10.7. The van der Waals surface area contributed by atoms with E-state index in [2.05, 4.69) is 5.32 Å². The molecular weight excluding hydrogens is 510 g/mol. The van der Waals surface area contributed by atoms with Crippen LogP contribution in [-0.2, 0) is 32.6 Å². The SMILES string of the molecule is CCc1ccccc1N(CC(=O)N(Cc1cccc(C)c1)C(C)C(=O)NC(C)(C)C)S(=O)(=O)c1ccccc1. The van der Waals surface area contributed by atoms with Crippen LogP contribution < -0.4 is 9.62 Å². The first kappa shape index (κ1) is 29.9. The van der Waals surface area contributed by atoms with E-state index in [1.807, 2.05) is 71.0 Å². The second-order valence-corrected chi connectivity index (χ2v) is 12.6. The van der Waals surface area contributed by atoms with Crippen LogP contribution in [0.15, 0.2) is 83.8 Å². The van der Waals surface area contributed by atoms with E-state index in [4.69, 9.17) is 0 Å². The van der Waals surface area contributed by atoms with E-state index in [-0.39, 0.29) is 17.3 Å². The Bertz CT molecular complexity index is 1400. The predicted octanol–water partition coefficient (Wildman–Crippen LogP) is 5.08. The molecule has 208 valence electrons. The summed E-state index contributed by atoms with van der Waals surface area (Å²) in [5, 5.41) is 2.95. The number of para-hydroxylation sites is 1. The van der Waals surface area contributed by atoms with Crippen molar-refractivity contribution in [1.82, 2.24) is 10.2 Å². The van der Waals surface area contributed by atoms with Crippen molar-refractivity contribution in [2.24, 2.45) is 0 Å². The van der Waals surface area contributed by atoms with Crippen LogP contribution >= 0.6 is 0 Å². The van der Waals surface area contributed by atoms with Gasteiger partial charge >= 0.3 is 0 Å². The summed E-state index contributed by atoms with van der Waals surface area (Å²) in [4.78, 5) is 28.8. The Morgan fingerprint density at radius 2 is 1.56 bits per heavy atom. The van der Waals surface area contributed by atoms with E-state index in [9.17, 15) is 18.0 Å². The van der Waals surface area contributed by atoms with Gasteiger partial charge in [-0.3, -0.25) is 13.9 Å². The maximum Gasteiger partial charge on any atom is 0.264 e. The average molecular weight is 550 g/mol. The summed E-state index contributed by atoms with van der Waals surface area (Å²) < 4.78 is 29.0. The maximum absolute atomic E-state index is 14.0. The normalized spacial score (nSPS) is 12.5. The first-order valence-corrected chi connectivity index (χ1v) is 14.6. The van der Waals surface area contributed by atoms with Crippen LogP contribution in [0.1, 0.15) is 51.3 Å². The Hall–Kier alpha value is -3.65. The van der Waals surface area contributed by atoms with Gasteiger partial charge in [0.15, 0.2) is 0 Å². The molecule has 8 heteroatoms. The quantitative estimate of drug-likeness (QED) is 0.382. The second kappa shape index (κ2) is 12.5. The lowest BCUT2D eigenvalue weighted by Crippen LogP contribution is -2.54. The molecule has 1 N–H and O–H groups in total. The Kier molecular flexibility index (Phi) is 9.56. The van der Waals surface area contributed by atoms with Crippen molar-refractivity contribution < 1.29 is 18.0 Å². The molecule has 0 aliphatic heterocycles. The predicted molar refractivity (Wildman–Crippen MR) is 156 cm³/mol. The van der Waals surface area contributed by atoms with Crippen molar-refractivity contribution in [1.29, 1.82) is 0 Å². The third kappa shape index (κ3) is 7.69. The summed E-state index contributed by atoms with van der Waals surface area (Å²) in [7, 11) is -4.08. The van der Waals surface area contributed by atoms with Gasteiger partial charge in [-0.05, 0) is 70.4 Å². The Balaban J connectivity index is 2.07. The molecule has 1 unspecified atom stereocenters. The van der Waals surface area contributed by atoms with Crippen molar-refractivity contribution in [3.8, 4) is 0 Å². The highest BCUT2D eigenvalue weighted by Crippen LogP contribution is 2.28. The topological polar surface area (TPSA) is 86.8 Å². The molecule has 0 radical (unpaired) electrons. The van der Waals surface area contributed by atoms with Gasteiger partial charge in [0.05, 0.1) is 10.6 Å². The molecule has 0 bridgehead atoms. The molecule has 39 heavy (non-hydrogen) atoms. The van der Waals surface area contributed by atoms with Crippen molar-refractivity contribution in [2.45, 2.75) is 71.0 Å². The van der Waals surface area contributed by atoms with Gasteiger partial charge in [0.25, 0.3) is 10.0 Å². The standard InChI is InChI=1S/C31H39N3O4S/c1-7-26-16-11-12-19-28(26)34(39(37,38)27-17-9-8-10-18-27)22-29(35)33(21-25-15-13-14-23(2)20-25)24(3)30(36)32-31(4,5)6/h8-20,24H,7,21-22H2,1-6H3,(H,32,36). The lowest BCUT2D eigenvalue weighted by Gasteiger charge is -2.34. The molecule has 2 amide bonds. The molecule has 0 aliphatic rings. The van der Waals surface area contributed by atoms with Crippen LogP contribution in [0.4, 0.5) is 5.69 Å². The van der Waals surface area contributed by atoms with Crippen molar-refractivity contribution >= 4 is 27.5 Å². The minimum atomic E-state index is -4.08. The lowest BCUT2D eigenvalue weighted by molar-refractivity contribution is -0.140. The highest BCUT2D eigenvalue weighted by molar-refractivity contribution is 7.92. The average Bonchev–Trinajstić information content (AvgIpc) is 2.89. The monoisotopic (exact) mass is 549 g/mol. The first-order chi connectivity index (χ1) is 18.3. The Morgan fingerprint density at radius 3 is 2.18 bits per heavy atom. The fraction of sp³-hybridized carbons (Fsp3) is 0.355. The fourth-order valence-corrected chi connectivity index (χ4v) is 5.82. The number of nitrogens with one attached hydrogen (secondary N) is 1. The molecule has 3 aromatic rings. The molecule has 0 aromatic heterocycles. The number of carbonyl (C=O) groups excluding carboxylic acids is 2. The smallest absolute Gasteiger partial charge is 0.264 e. The summed E-state index contributed by atoms with van der Waals surface area (Å²) in [6.07, 6.45) is 0.586. The summed E-state index contributed by atoms with van der Waals surface area (Å²) in [5.74, 6) is -0.784. The molecule has 0 saturated heterocycles. The zero-order chi connectivity index (χ0) is 28.8. The zero-order valence-electron chi connectivity index (χ0n) is 23.6. The van der Waals surface area contributed by atoms with Crippen LogP contribution in [0.25, 0.3) is 0 Å². The number of rotatable bonds is 10. The Morgan fingerprint density at radius 1 is 0.923 bits per heavy atom. The van der Waals surface area contributed by atoms with Gasteiger partial charge in [-0.2, -0.15) is 0 Å². The minimum absolute atomic E-state index is 0.0902. The number of benzene rings is 3. The van der Waals surface area contributed by atoms with Crippen LogP contribution in [0, 0.1) is 6.92 Å². The van der Waals surface area contributed by atoms with Gasteiger partial charge in [-0.15, -0.1) is 0 Å². The van der Waals surface area contributed by atoms with Crippen molar-refractivity contribution in [3.63, 3.8) is 0 Å². The maximum atomic E-state index is 14.0. The molecule has 0 heterocycles. The number of amides is 2. The molecule has 0 spiro atoms. The van der Waals surface area contributed by atoms with Gasteiger partial charge in [-0.1, -0.05) is 73.2 Å². The highest BCUT2D eigenvalue weighted by atomic mass is 32.2. The van der Waals surface area contributed by atoms with Gasteiger partial charge < -0.3 is 10.2 Å². The molecule has 3 aromatic carbocycles. The number of sulfonamides is 1. The van der Waals surface area contributed by atoms with Crippen LogP contribution in [0.2, 0.25) is 0 Å². The molecule has 0 saturated carbocycles. The molecule has 3 rings (SSSR count). The van der Waals surface area contributed by atoms with Crippen LogP contribution in [0.3, 0.4) is 0 Å². The van der Waals surface area contributed by atoms with Gasteiger partial charge in [0, 0.05) is 12.1 Å². The van der Waals surface area contributed by atoms with E-state index in [0.29, 0.717) is 12.1 Å². The summed E-state index contributed by atoms with van der Waals surface area (Å²) >= 11 is 0. The lowest BCUT2D eigenvalue weighted by atomic mass is 10.1. The van der Waals surface area contributed by atoms with E-state index < -0.39 is 34.1 Å².